The predicted molar refractivity (Wildman–Crippen MR) is 53.4 cm³/mol. The summed E-state index contributed by atoms with van der Waals surface area (Å²) in [6.45, 7) is 0.558. The smallest absolute Gasteiger partial charge is 0.268 e. The summed E-state index contributed by atoms with van der Waals surface area (Å²) in [5.74, 6) is -0.274. The fraction of sp³-hybridized carbons (Fsp3) is 0.364. The number of nitrogens with one attached hydrogen (secondary N) is 1. The average molecular weight is 227 g/mol. The minimum Gasteiger partial charge on any atom is -0.382 e. The number of rotatable bonds is 2. The van der Waals surface area contributed by atoms with Gasteiger partial charge in [0.15, 0.2) is 0 Å². The van der Waals surface area contributed by atoms with E-state index in [9.17, 15) is 18.7 Å². The van der Waals surface area contributed by atoms with Gasteiger partial charge in [0.2, 0.25) is 0 Å². The van der Waals surface area contributed by atoms with E-state index in [2.05, 4.69) is 5.32 Å². The van der Waals surface area contributed by atoms with Crippen molar-refractivity contribution in [2.75, 3.05) is 6.54 Å². The van der Waals surface area contributed by atoms with Crippen molar-refractivity contribution in [1.29, 1.82) is 0 Å². The predicted octanol–water partition coefficient (Wildman–Crippen LogP) is 1.27. The summed E-state index contributed by atoms with van der Waals surface area (Å²) >= 11 is 0. The van der Waals surface area contributed by atoms with Gasteiger partial charge >= 0.3 is 0 Å². The van der Waals surface area contributed by atoms with Gasteiger partial charge in [-0.25, -0.2) is 8.78 Å². The van der Waals surface area contributed by atoms with Gasteiger partial charge in [0, 0.05) is 12.1 Å². The average Bonchev–Trinajstić information content (AvgIpc) is 2.28. The summed E-state index contributed by atoms with van der Waals surface area (Å²) in [5.41, 5.74) is 1.28. The number of benzene rings is 1. The minimum atomic E-state index is -2.84. The maximum atomic E-state index is 12.3. The van der Waals surface area contributed by atoms with E-state index >= 15 is 0 Å². The zero-order valence-corrected chi connectivity index (χ0v) is 8.41. The topological polar surface area (TPSA) is 49.3 Å². The summed E-state index contributed by atoms with van der Waals surface area (Å²) in [4.78, 5) is 11.4. The molecule has 1 amide bonds. The molecule has 1 aromatic carbocycles. The van der Waals surface area contributed by atoms with Crippen LogP contribution in [0.3, 0.4) is 0 Å². The van der Waals surface area contributed by atoms with E-state index in [0.717, 1.165) is 5.56 Å². The fourth-order valence-corrected chi connectivity index (χ4v) is 1.76. The van der Waals surface area contributed by atoms with Crippen LogP contribution in [0.25, 0.3) is 0 Å². The Morgan fingerprint density at radius 1 is 1.38 bits per heavy atom. The summed E-state index contributed by atoms with van der Waals surface area (Å²) in [5, 5.41) is 11.8. The molecule has 0 aliphatic carbocycles. The molecule has 0 spiro atoms. The highest BCUT2D eigenvalue weighted by Gasteiger charge is 2.23. The maximum Gasteiger partial charge on any atom is 0.268 e. The summed E-state index contributed by atoms with van der Waals surface area (Å²) in [7, 11) is 0. The number of carbonyl (C=O) groups excluding carboxylic acids is 1. The molecule has 1 aromatic rings. The number of halogens is 2. The van der Waals surface area contributed by atoms with Crippen LogP contribution < -0.4 is 5.32 Å². The van der Waals surface area contributed by atoms with Crippen molar-refractivity contribution < 1.29 is 18.7 Å². The molecule has 1 atom stereocenters. The molecule has 16 heavy (non-hydrogen) atoms. The van der Waals surface area contributed by atoms with Crippen molar-refractivity contribution in [3.05, 3.63) is 34.9 Å². The second-order valence-electron chi connectivity index (χ2n) is 3.70. The molecule has 1 unspecified atom stereocenters. The SMILES string of the molecule is O=C1NCCc2ccc(C(O)C(F)F)cc21. The molecule has 86 valence electrons. The largest absolute Gasteiger partial charge is 0.382 e. The summed E-state index contributed by atoms with van der Waals surface area (Å²) < 4.78 is 24.6. The summed E-state index contributed by atoms with van der Waals surface area (Å²) in [6.07, 6.45) is -3.99. The van der Waals surface area contributed by atoms with Crippen molar-refractivity contribution in [3.63, 3.8) is 0 Å². The van der Waals surface area contributed by atoms with Gasteiger partial charge in [0.1, 0.15) is 6.10 Å². The van der Waals surface area contributed by atoms with Crippen molar-refractivity contribution in [1.82, 2.24) is 5.32 Å². The molecule has 1 aliphatic rings. The Kier molecular flexibility index (Phi) is 2.87. The molecule has 2 rings (SSSR count). The zero-order chi connectivity index (χ0) is 11.7. The Hall–Kier alpha value is -1.49. The third kappa shape index (κ3) is 1.90. The number of aliphatic hydroxyl groups is 1. The molecule has 0 aromatic heterocycles. The van der Waals surface area contributed by atoms with Crippen molar-refractivity contribution in [2.45, 2.75) is 19.0 Å². The molecule has 1 heterocycles. The molecule has 5 heteroatoms. The molecular weight excluding hydrogens is 216 g/mol. The molecule has 0 saturated carbocycles. The van der Waals surface area contributed by atoms with Crippen molar-refractivity contribution >= 4 is 5.91 Å². The first-order chi connectivity index (χ1) is 7.59. The van der Waals surface area contributed by atoms with E-state index < -0.39 is 12.5 Å². The molecular formula is C11H11F2NO2. The number of aliphatic hydroxyl groups excluding tert-OH is 1. The maximum absolute atomic E-state index is 12.3. The van der Waals surface area contributed by atoms with Gasteiger partial charge in [-0.2, -0.15) is 0 Å². The lowest BCUT2D eigenvalue weighted by Gasteiger charge is -2.18. The van der Waals surface area contributed by atoms with Crippen LogP contribution in [0.1, 0.15) is 27.6 Å². The Morgan fingerprint density at radius 2 is 2.12 bits per heavy atom. The van der Waals surface area contributed by atoms with E-state index in [1.807, 2.05) is 0 Å². The van der Waals surface area contributed by atoms with Crippen LogP contribution in [0.2, 0.25) is 0 Å². The van der Waals surface area contributed by atoms with E-state index in [4.69, 9.17) is 0 Å². The Morgan fingerprint density at radius 3 is 2.81 bits per heavy atom. The van der Waals surface area contributed by atoms with Crippen molar-refractivity contribution in [2.24, 2.45) is 0 Å². The molecule has 0 radical (unpaired) electrons. The monoisotopic (exact) mass is 227 g/mol. The third-order valence-electron chi connectivity index (χ3n) is 2.64. The third-order valence-corrected chi connectivity index (χ3v) is 2.64. The van der Waals surface area contributed by atoms with Gasteiger partial charge < -0.3 is 10.4 Å². The van der Waals surface area contributed by atoms with E-state index in [-0.39, 0.29) is 11.5 Å². The van der Waals surface area contributed by atoms with Crippen LogP contribution in [-0.2, 0) is 6.42 Å². The minimum absolute atomic E-state index is 0.0748. The van der Waals surface area contributed by atoms with E-state index in [0.29, 0.717) is 18.5 Å². The quantitative estimate of drug-likeness (QED) is 0.799. The molecule has 0 saturated heterocycles. The van der Waals surface area contributed by atoms with Gasteiger partial charge in [0.25, 0.3) is 12.3 Å². The van der Waals surface area contributed by atoms with Crippen LogP contribution in [0, 0.1) is 0 Å². The standard InChI is InChI=1S/C11H11F2NO2/c12-10(13)9(15)7-2-1-6-3-4-14-11(16)8(6)5-7/h1-2,5,9-10,15H,3-4H2,(H,14,16). The van der Waals surface area contributed by atoms with Crippen LogP contribution in [0.5, 0.6) is 0 Å². The van der Waals surface area contributed by atoms with Gasteiger partial charge in [0.05, 0.1) is 0 Å². The van der Waals surface area contributed by atoms with Crippen molar-refractivity contribution in [3.8, 4) is 0 Å². The number of alkyl halides is 2. The fourth-order valence-electron chi connectivity index (χ4n) is 1.76. The Bertz CT molecular complexity index is 420. The zero-order valence-electron chi connectivity index (χ0n) is 8.41. The lowest BCUT2D eigenvalue weighted by molar-refractivity contribution is -0.00583. The Balaban J connectivity index is 2.37. The van der Waals surface area contributed by atoms with Gasteiger partial charge in [-0.15, -0.1) is 0 Å². The van der Waals surface area contributed by atoms with Gasteiger partial charge in [-0.3, -0.25) is 4.79 Å². The lowest BCUT2D eigenvalue weighted by Crippen LogP contribution is -2.32. The van der Waals surface area contributed by atoms with E-state index in [1.165, 1.54) is 12.1 Å². The molecule has 1 aliphatic heterocycles. The highest BCUT2D eigenvalue weighted by molar-refractivity contribution is 5.96. The summed E-state index contributed by atoms with van der Waals surface area (Å²) in [6, 6.07) is 4.39. The number of hydrogen-bond acceptors (Lipinski definition) is 2. The lowest BCUT2D eigenvalue weighted by atomic mass is 9.96. The normalized spacial score (nSPS) is 16.9. The molecule has 2 N–H and O–H groups in total. The van der Waals surface area contributed by atoms with E-state index in [1.54, 1.807) is 6.07 Å². The molecule has 0 bridgehead atoms. The second-order valence-corrected chi connectivity index (χ2v) is 3.70. The molecule has 3 nitrogen and oxygen atoms in total. The van der Waals surface area contributed by atoms with Crippen LogP contribution in [-0.4, -0.2) is 24.0 Å². The number of fused-ring (bicyclic) bond motifs is 1. The van der Waals surface area contributed by atoms with Gasteiger partial charge in [-0.05, 0) is 23.6 Å². The first kappa shape index (κ1) is 11.0. The van der Waals surface area contributed by atoms with Crippen LogP contribution >= 0.6 is 0 Å². The number of carbonyl (C=O) groups is 1. The van der Waals surface area contributed by atoms with Crippen LogP contribution in [0.15, 0.2) is 18.2 Å². The highest BCUT2D eigenvalue weighted by atomic mass is 19.3. The Labute approximate surface area is 91.1 Å². The molecule has 0 fully saturated rings. The highest BCUT2D eigenvalue weighted by Crippen LogP contribution is 2.24. The second kappa shape index (κ2) is 4.17. The number of hydrogen-bond donors (Lipinski definition) is 2. The first-order valence-corrected chi connectivity index (χ1v) is 4.97. The van der Waals surface area contributed by atoms with Crippen LogP contribution in [0.4, 0.5) is 8.78 Å². The number of amides is 1. The van der Waals surface area contributed by atoms with Gasteiger partial charge in [-0.1, -0.05) is 12.1 Å². The first-order valence-electron chi connectivity index (χ1n) is 4.97.